The second-order valence-corrected chi connectivity index (χ2v) is 12.5. The number of carbonyl (C=O) groups is 2. The summed E-state index contributed by atoms with van der Waals surface area (Å²) < 4.78 is 32.7. The van der Waals surface area contributed by atoms with Crippen LogP contribution in [0, 0.1) is 11.8 Å². The maximum atomic E-state index is 13.0. The minimum Gasteiger partial charge on any atom is -0.455 e. The highest BCUT2D eigenvalue weighted by atomic mass is 32.2. The fourth-order valence-electron chi connectivity index (χ4n) is 4.54. The number of hydrogen-bond donors (Lipinski definition) is 1. The van der Waals surface area contributed by atoms with Crippen molar-refractivity contribution in [2.45, 2.75) is 82.6 Å². The first-order valence-corrected chi connectivity index (χ1v) is 13.5. The Bertz CT molecular complexity index is 921. The molecule has 0 bridgehead atoms. The zero-order valence-corrected chi connectivity index (χ0v) is 21.1. The number of nitrogens with one attached hydrogen (secondary N) is 1. The van der Waals surface area contributed by atoms with Gasteiger partial charge >= 0.3 is 5.97 Å². The van der Waals surface area contributed by atoms with E-state index in [1.807, 2.05) is 12.1 Å². The average molecular weight is 479 g/mol. The maximum Gasteiger partial charge on any atom is 0.309 e. The Hall–Kier alpha value is -1.93. The predicted octanol–water partition coefficient (Wildman–Crippen LogP) is 3.62. The third kappa shape index (κ3) is 6.79. The van der Waals surface area contributed by atoms with Crippen LogP contribution >= 0.6 is 0 Å². The Morgan fingerprint density at radius 1 is 1.00 bits per heavy atom. The number of sulfonamides is 1. The molecule has 1 N–H and O–H groups in total. The normalized spacial score (nSPS) is 23.2. The second-order valence-electron chi connectivity index (χ2n) is 10.6. The molecule has 3 rings (SSSR count). The van der Waals surface area contributed by atoms with Gasteiger partial charge in [0.25, 0.3) is 5.91 Å². The zero-order valence-electron chi connectivity index (χ0n) is 20.3. The summed E-state index contributed by atoms with van der Waals surface area (Å²) in [4.78, 5) is 24.8. The monoisotopic (exact) mass is 478 g/mol. The Kier molecular flexibility index (Phi) is 8.22. The lowest BCUT2D eigenvalue weighted by molar-refractivity contribution is -0.153. The van der Waals surface area contributed by atoms with Gasteiger partial charge in [0.05, 0.1) is 10.8 Å². The molecular weight excluding hydrogens is 440 g/mol. The molecule has 1 saturated heterocycles. The molecule has 1 heterocycles. The molecule has 184 valence electrons. The second kappa shape index (κ2) is 10.6. The van der Waals surface area contributed by atoms with E-state index >= 15 is 0 Å². The summed E-state index contributed by atoms with van der Waals surface area (Å²) in [6, 6.07) is 7.19. The third-order valence-electron chi connectivity index (χ3n) is 6.87. The summed E-state index contributed by atoms with van der Waals surface area (Å²) in [5.41, 5.74) is 1.03. The number of hydrogen-bond acceptors (Lipinski definition) is 5. The molecule has 2 aliphatic rings. The summed E-state index contributed by atoms with van der Waals surface area (Å²) in [6.07, 6.45) is 4.92. The Morgan fingerprint density at radius 3 is 2.12 bits per heavy atom. The van der Waals surface area contributed by atoms with Gasteiger partial charge in [-0.15, -0.1) is 0 Å². The molecule has 0 spiro atoms. The molecule has 33 heavy (non-hydrogen) atoms. The summed E-state index contributed by atoms with van der Waals surface area (Å²) in [6.45, 7) is 8.72. The highest BCUT2D eigenvalue weighted by molar-refractivity contribution is 7.89. The number of nitrogens with zero attached hydrogens (tertiary/aromatic N) is 1. The van der Waals surface area contributed by atoms with Gasteiger partial charge < -0.3 is 10.1 Å². The van der Waals surface area contributed by atoms with Crippen LogP contribution in [-0.2, 0) is 29.8 Å². The largest absolute Gasteiger partial charge is 0.455 e. The first-order valence-electron chi connectivity index (χ1n) is 12.0. The molecule has 2 fully saturated rings. The topological polar surface area (TPSA) is 92.8 Å². The van der Waals surface area contributed by atoms with Crippen LogP contribution < -0.4 is 5.32 Å². The molecule has 1 aliphatic heterocycles. The molecule has 1 aromatic rings. The van der Waals surface area contributed by atoms with E-state index in [0.717, 1.165) is 31.2 Å². The number of rotatable bonds is 6. The van der Waals surface area contributed by atoms with Gasteiger partial charge in [0.2, 0.25) is 10.0 Å². The van der Waals surface area contributed by atoms with E-state index in [1.165, 1.54) is 4.31 Å². The highest BCUT2D eigenvalue weighted by Gasteiger charge is 2.33. The molecule has 0 aromatic heterocycles. The molecule has 1 amide bonds. The predicted molar refractivity (Wildman–Crippen MR) is 127 cm³/mol. The number of carbonyl (C=O) groups excluding carboxylic acids is 2. The minimum atomic E-state index is -3.60. The van der Waals surface area contributed by atoms with Crippen molar-refractivity contribution < 1.29 is 22.7 Å². The zero-order chi connectivity index (χ0) is 24.2. The van der Waals surface area contributed by atoms with Gasteiger partial charge in [-0.2, -0.15) is 4.31 Å². The van der Waals surface area contributed by atoms with Crippen molar-refractivity contribution in [3.63, 3.8) is 0 Å². The van der Waals surface area contributed by atoms with Gasteiger partial charge in [-0.25, -0.2) is 8.42 Å². The summed E-state index contributed by atoms with van der Waals surface area (Å²) in [5, 5.41) is 2.95. The van der Waals surface area contributed by atoms with Crippen molar-refractivity contribution in [2.75, 3.05) is 19.7 Å². The van der Waals surface area contributed by atoms with Gasteiger partial charge in [-0.3, -0.25) is 9.59 Å². The van der Waals surface area contributed by atoms with E-state index in [2.05, 4.69) is 33.0 Å². The van der Waals surface area contributed by atoms with Gasteiger partial charge in [0.15, 0.2) is 6.61 Å². The Balaban J connectivity index is 1.45. The molecule has 8 heteroatoms. The van der Waals surface area contributed by atoms with Gasteiger partial charge in [0, 0.05) is 19.1 Å². The van der Waals surface area contributed by atoms with Gasteiger partial charge in [-0.05, 0) is 67.6 Å². The van der Waals surface area contributed by atoms with E-state index in [9.17, 15) is 18.0 Å². The van der Waals surface area contributed by atoms with E-state index in [4.69, 9.17) is 4.74 Å². The smallest absolute Gasteiger partial charge is 0.309 e. The lowest BCUT2D eigenvalue weighted by Crippen LogP contribution is -2.42. The molecule has 0 atom stereocenters. The van der Waals surface area contributed by atoms with E-state index in [1.54, 1.807) is 12.1 Å². The van der Waals surface area contributed by atoms with Crippen LogP contribution in [0.3, 0.4) is 0 Å². The van der Waals surface area contributed by atoms with Crippen LogP contribution in [0.2, 0.25) is 0 Å². The number of piperidine rings is 1. The summed E-state index contributed by atoms with van der Waals surface area (Å²) in [7, 11) is -3.60. The molecule has 1 saturated carbocycles. The van der Waals surface area contributed by atoms with E-state index in [-0.39, 0.29) is 47.9 Å². The number of amides is 1. The number of benzene rings is 1. The summed E-state index contributed by atoms with van der Waals surface area (Å²) in [5.74, 6) is -0.368. The molecule has 7 nitrogen and oxygen atoms in total. The standard InChI is InChI=1S/C25H38N2O5S/c1-18-5-9-21(10-6-18)26-23(28)17-32-24(29)19-13-15-27(16-14-19)33(30,31)22-11-7-20(8-12-22)25(2,3)4/h7-8,11-12,18-19,21H,5-6,9-10,13-17H2,1-4H3,(H,26,28). The van der Waals surface area contributed by atoms with Crippen molar-refractivity contribution >= 4 is 21.9 Å². The Labute approximate surface area is 198 Å². The lowest BCUT2D eigenvalue weighted by Gasteiger charge is -2.30. The van der Waals surface area contributed by atoms with Gasteiger partial charge in [0.1, 0.15) is 0 Å². The van der Waals surface area contributed by atoms with Crippen LogP contribution in [0.25, 0.3) is 0 Å². The fourth-order valence-corrected chi connectivity index (χ4v) is 6.01. The van der Waals surface area contributed by atoms with Crippen molar-refractivity contribution in [1.29, 1.82) is 0 Å². The van der Waals surface area contributed by atoms with Crippen molar-refractivity contribution in [1.82, 2.24) is 9.62 Å². The van der Waals surface area contributed by atoms with Crippen molar-refractivity contribution in [3.8, 4) is 0 Å². The van der Waals surface area contributed by atoms with Crippen LogP contribution in [-0.4, -0.2) is 50.3 Å². The molecule has 1 aromatic carbocycles. The molecule has 0 unspecified atom stereocenters. The quantitative estimate of drug-likeness (QED) is 0.631. The number of ether oxygens (including phenoxy) is 1. The molecular formula is C25H38N2O5S. The molecule has 1 aliphatic carbocycles. The maximum absolute atomic E-state index is 13.0. The van der Waals surface area contributed by atoms with Crippen LogP contribution in [0.15, 0.2) is 29.2 Å². The first kappa shape index (κ1) is 25.7. The lowest BCUT2D eigenvalue weighted by atomic mass is 9.87. The number of esters is 1. The van der Waals surface area contributed by atoms with Crippen LogP contribution in [0.4, 0.5) is 0 Å². The first-order chi connectivity index (χ1) is 15.5. The molecule has 0 radical (unpaired) electrons. The SMILES string of the molecule is CC1CCC(NC(=O)COC(=O)C2CCN(S(=O)(=O)c3ccc(C(C)(C)C)cc3)CC2)CC1. The highest BCUT2D eigenvalue weighted by Crippen LogP contribution is 2.28. The van der Waals surface area contributed by atoms with Gasteiger partial charge in [-0.1, -0.05) is 39.8 Å². The fraction of sp³-hybridized carbons (Fsp3) is 0.680. The van der Waals surface area contributed by atoms with Crippen molar-refractivity contribution in [2.24, 2.45) is 11.8 Å². The summed E-state index contributed by atoms with van der Waals surface area (Å²) >= 11 is 0. The van der Waals surface area contributed by atoms with Crippen LogP contribution in [0.1, 0.15) is 71.8 Å². The van der Waals surface area contributed by atoms with Crippen LogP contribution in [0.5, 0.6) is 0 Å². The van der Waals surface area contributed by atoms with Crippen molar-refractivity contribution in [3.05, 3.63) is 29.8 Å². The average Bonchev–Trinajstić information content (AvgIpc) is 2.78. The third-order valence-corrected chi connectivity index (χ3v) is 8.78. The minimum absolute atomic E-state index is 0.0487. The Morgan fingerprint density at radius 2 is 1.58 bits per heavy atom. The van der Waals surface area contributed by atoms with E-state index in [0.29, 0.717) is 18.8 Å². The van der Waals surface area contributed by atoms with E-state index < -0.39 is 16.0 Å².